The zero-order valence-corrected chi connectivity index (χ0v) is 16.1. The van der Waals surface area contributed by atoms with Crippen LogP contribution in [0.1, 0.15) is 37.7 Å². The smallest absolute Gasteiger partial charge is 0.220 e. The first-order valence-electron chi connectivity index (χ1n) is 10.0. The molecule has 4 nitrogen and oxygen atoms in total. The molecule has 1 aliphatic carbocycles. The third-order valence-corrected chi connectivity index (χ3v) is 5.68. The van der Waals surface area contributed by atoms with E-state index in [1.807, 2.05) is 0 Å². The summed E-state index contributed by atoms with van der Waals surface area (Å²) in [5, 5.41) is 13.7. The van der Waals surface area contributed by atoms with E-state index in [0.717, 1.165) is 47.0 Å². The maximum Gasteiger partial charge on any atom is 0.220 e. The van der Waals surface area contributed by atoms with Gasteiger partial charge in [-0.1, -0.05) is 12.8 Å². The van der Waals surface area contributed by atoms with Crippen molar-refractivity contribution in [2.24, 2.45) is 0 Å². The predicted molar refractivity (Wildman–Crippen MR) is 108 cm³/mol. The number of hydrogen-bond donors (Lipinski definition) is 3. The molecule has 3 aromatic rings. The molecule has 0 radical (unpaired) electrons. The van der Waals surface area contributed by atoms with Crippen LogP contribution in [0.25, 0.3) is 22.2 Å². The molecule has 0 saturated heterocycles. The van der Waals surface area contributed by atoms with Crippen LogP contribution in [0.3, 0.4) is 0 Å². The molecular formula is C23H24F2N2O2. The van der Waals surface area contributed by atoms with Crippen molar-refractivity contribution >= 4 is 16.8 Å². The van der Waals surface area contributed by atoms with Crippen LogP contribution in [0, 0.1) is 11.6 Å². The van der Waals surface area contributed by atoms with Crippen molar-refractivity contribution in [1.82, 2.24) is 10.3 Å². The minimum Gasteiger partial charge on any atom is -0.391 e. The number of aromatic amines is 1. The molecule has 152 valence electrons. The van der Waals surface area contributed by atoms with Crippen molar-refractivity contribution in [2.45, 2.75) is 50.7 Å². The molecule has 1 amide bonds. The third kappa shape index (κ3) is 4.32. The number of benzene rings is 2. The van der Waals surface area contributed by atoms with E-state index >= 15 is 0 Å². The van der Waals surface area contributed by atoms with Gasteiger partial charge in [-0.2, -0.15) is 0 Å². The molecule has 0 unspecified atom stereocenters. The van der Waals surface area contributed by atoms with Gasteiger partial charge in [0.05, 0.1) is 12.1 Å². The number of aryl methyl sites for hydroxylation is 1. The van der Waals surface area contributed by atoms with Gasteiger partial charge in [0.15, 0.2) is 0 Å². The lowest BCUT2D eigenvalue weighted by Gasteiger charge is -2.28. The van der Waals surface area contributed by atoms with E-state index in [1.165, 1.54) is 24.3 Å². The number of hydrogen-bond acceptors (Lipinski definition) is 2. The molecule has 3 N–H and O–H groups in total. The van der Waals surface area contributed by atoms with Crippen LogP contribution in [0.2, 0.25) is 0 Å². The lowest BCUT2D eigenvalue weighted by molar-refractivity contribution is -0.123. The Morgan fingerprint density at radius 3 is 2.55 bits per heavy atom. The summed E-state index contributed by atoms with van der Waals surface area (Å²) in [5.41, 5.74) is 3.13. The quantitative estimate of drug-likeness (QED) is 0.594. The standard InChI is InChI=1S/C23H24F2N2O2/c24-15-7-5-14(6-8-15)23-17(18-13-16(25)9-11-19(18)27-23)10-12-22(29)26-20-3-1-2-4-21(20)28/h5-9,11,13,20-21,27-28H,1-4,10,12H2,(H,26,29)/t20-,21-/m0/s1. The van der Waals surface area contributed by atoms with E-state index in [2.05, 4.69) is 10.3 Å². The Morgan fingerprint density at radius 2 is 1.79 bits per heavy atom. The lowest BCUT2D eigenvalue weighted by Crippen LogP contribution is -2.45. The number of aromatic nitrogens is 1. The molecule has 0 spiro atoms. The maximum absolute atomic E-state index is 13.9. The molecular weight excluding hydrogens is 374 g/mol. The Bertz CT molecular complexity index is 1010. The monoisotopic (exact) mass is 398 g/mol. The normalized spacial score (nSPS) is 19.4. The van der Waals surface area contributed by atoms with Gasteiger partial charge in [-0.15, -0.1) is 0 Å². The fraction of sp³-hybridized carbons (Fsp3) is 0.348. The minimum atomic E-state index is -0.496. The van der Waals surface area contributed by atoms with Crippen molar-refractivity contribution in [1.29, 1.82) is 0 Å². The second kappa shape index (κ2) is 8.33. The molecule has 1 saturated carbocycles. The van der Waals surface area contributed by atoms with E-state index < -0.39 is 6.10 Å². The number of H-pyrrole nitrogens is 1. The van der Waals surface area contributed by atoms with Gasteiger partial charge in [0.1, 0.15) is 11.6 Å². The molecule has 2 atom stereocenters. The SMILES string of the molecule is O=C(CCc1c(-c2ccc(F)cc2)[nH]c2ccc(F)cc12)N[C@H]1CCCC[C@@H]1O. The van der Waals surface area contributed by atoms with Gasteiger partial charge >= 0.3 is 0 Å². The Kier molecular flexibility index (Phi) is 5.62. The van der Waals surface area contributed by atoms with Crippen LogP contribution >= 0.6 is 0 Å². The molecule has 0 bridgehead atoms. The number of rotatable bonds is 5. The van der Waals surface area contributed by atoms with E-state index in [4.69, 9.17) is 0 Å². The van der Waals surface area contributed by atoms with Crippen LogP contribution < -0.4 is 5.32 Å². The number of carbonyl (C=O) groups is 1. The number of fused-ring (bicyclic) bond motifs is 1. The molecule has 1 fully saturated rings. The molecule has 6 heteroatoms. The van der Waals surface area contributed by atoms with Crippen molar-refractivity contribution in [3.63, 3.8) is 0 Å². The first-order valence-corrected chi connectivity index (χ1v) is 10.0. The highest BCUT2D eigenvalue weighted by atomic mass is 19.1. The minimum absolute atomic E-state index is 0.133. The fourth-order valence-electron chi connectivity index (χ4n) is 4.14. The molecule has 4 rings (SSSR count). The van der Waals surface area contributed by atoms with Crippen LogP contribution in [0.4, 0.5) is 8.78 Å². The second-order valence-corrected chi connectivity index (χ2v) is 7.70. The Hall–Kier alpha value is -2.73. The van der Waals surface area contributed by atoms with Crippen molar-refractivity contribution < 1.29 is 18.7 Å². The fourth-order valence-corrected chi connectivity index (χ4v) is 4.14. The molecule has 2 aromatic carbocycles. The number of aliphatic hydroxyl groups is 1. The number of carbonyl (C=O) groups excluding carboxylic acids is 1. The zero-order chi connectivity index (χ0) is 20.4. The summed E-state index contributed by atoms with van der Waals surface area (Å²) in [6, 6.07) is 10.4. The summed E-state index contributed by atoms with van der Waals surface area (Å²) >= 11 is 0. The van der Waals surface area contributed by atoms with E-state index in [-0.39, 0.29) is 30.0 Å². The average Bonchev–Trinajstić information content (AvgIpc) is 3.06. The third-order valence-electron chi connectivity index (χ3n) is 5.68. The van der Waals surface area contributed by atoms with Gasteiger partial charge in [0, 0.05) is 23.0 Å². The first-order chi connectivity index (χ1) is 14.0. The largest absolute Gasteiger partial charge is 0.391 e. The maximum atomic E-state index is 13.9. The van der Waals surface area contributed by atoms with Gasteiger partial charge in [0.25, 0.3) is 0 Å². The Morgan fingerprint density at radius 1 is 1.07 bits per heavy atom. The van der Waals surface area contributed by atoms with E-state index in [1.54, 1.807) is 18.2 Å². The van der Waals surface area contributed by atoms with Gasteiger partial charge < -0.3 is 15.4 Å². The van der Waals surface area contributed by atoms with Gasteiger partial charge in [-0.05, 0) is 72.9 Å². The predicted octanol–water partition coefficient (Wildman–Crippen LogP) is 4.47. The summed E-state index contributed by atoms with van der Waals surface area (Å²) in [6.45, 7) is 0. The Labute approximate surface area is 167 Å². The van der Waals surface area contributed by atoms with Gasteiger partial charge in [0.2, 0.25) is 5.91 Å². The summed E-state index contributed by atoms with van der Waals surface area (Å²) in [5.74, 6) is -0.812. The summed E-state index contributed by atoms with van der Waals surface area (Å²) in [7, 11) is 0. The summed E-state index contributed by atoms with van der Waals surface area (Å²) < 4.78 is 27.2. The van der Waals surface area contributed by atoms with Crippen LogP contribution in [0.5, 0.6) is 0 Å². The summed E-state index contributed by atoms with van der Waals surface area (Å²) in [4.78, 5) is 15.8. The van der Waals surface area contributed by atoms with Crippen molar-refractivity contribution in [3.8, 4) is 11.3 Å². The van der Waals surface area contributed by atoms with Crippen molar-refractivity contribution in [3.05, 3.63) is 59.7 Å². The van der Waals surface area contributed by atoms with Crippen LogP contribution in [-0.2, 0) is 11.2 Å². The number of halogens is 2. The summed E-state index contributed by atoms with van der Waals surface area (Å²) in [6.07, 6.45) is 3.61. The number of aliphatic hydroxyl groups excluding tert-OH is 1. The molecule has 1 aliphatic rings. The number of amides is 1. The average molecular weight is 398 g/mol. The van der Waals surface area contributed by atoms with Crippen LogP contribution in [-0.4, -0.2) is 28.1 Å². The highest BCUT2D eigenvalue weighted by Gasteiger charge is 2.24. The van der Waals surface area contributed by atoms with Crippen LogP contribution in [0.15, 0.2) is 42.5 Å². The van der Waals surface area contributed by atoms with Crippen molar-refractivity contribution in [2.75, 3.05) is 0 Å². The first kappa shape index (κ1) is 19.6. The molecule has 1 aromatic heterocycles. The highest BCUT2D eigenvalue weighted by Crippen LogP contribution is 2.32. The second-order valence-electron chi connectivity index (χ2n) is 7.70. The molecule has 0 aliphatic heterocycles. The Balaban J connectivity index is 1.58. The van der Waals surface area contributed by atoms with Gasteiger partial charge in [-0.3, -0.25) is 4.79 Å². The lowest BCUT2D eigenvalue weighted by atomic mass is 9.92. The molecule has 29 heavy (non-hydrogen) atoms. The van der Waals surface area contributed by atoms with Gasteiger partial charge in [-0.25, -0.2) is 8.78 Å². The van der Waals surface area contributed by atoms with E-state index in [9.17, 15) is 18.7 Å². The molecule has 1 heterocycles. The van der Waals surface area contributed by atoms with E-state index in [0.29, 0.717) is 12.8 Å². The number of nitrogens with one attached hydrogen (secondary N) is 2. The topological polar surface area (TPSA) is 65.1 Å². The highest BCUT2D eigenvalue weighted by molar-refractivity contribution is 5.91. The zero-order valence-electron chi connectivity index (χ0n) is 16.1.